The maximum absolute atomic E-state index is 7.47. The van der Waals surface area contributed by atoms with Crippen LogP contribution in [0.5, 0.6) is 0 Å². The second-order valence-corrected chi connectivity index (χ2v) is 6.92. The Bertz CT molecular complexity index is 930. The van der Waals surface area contributed by atoms with Gasteiger partial charge in [0.2, 0.25) is 5.69 Å². The summed E-state index contributed by atoms with van der Waals surface area (Å²) in [5, 5.41) is 6.30. The summed E-state index contributed by atoms with van der Waals surface area (Å²) in [5.74, 6) is 0. The van der Waals surface area contributed by atoms with Crippen molar-refractivity contribution < 1.29 is 4.42 Å². The lowest BCUT2D eigenvalue weighted by atomic mass is 10.1. The van der Waals surface area contributed by atoms with Gasteiger partial charge in [0, 0.05) is 37.3 Å². The SMILES string of the molecule is [C-]#[N+]c1c(Cl)cc2nc(N3CCNC[C@@H]3C)oc2c1-c1nccs1. The number of piperazine rings is 1. The van der Waals surface area contributed by atoms with Gasteiger partial charge in [-0.1, -0.05) is 11.6 Å². The molecule has 3 heterocycles. The molecule has 1 fully saturated rings. The number of fused-ring (bicyclic) bond motifs is 1. The number of hydrogen-bond acceptors (Lipinski definition) is 6. The number of oxazole rings is 1. The van der Waals surface area contributed by atoms with Gasteiger partial charge in [-0.2, -0.15) is 4.98 Å². The number of anilines is 1. The van der Waals surface area contributed by atoms with E-state index >= 15 is 0 Å². The molecule has 1 N–H and O–H groups in total. The van der Waals surface area contributed by atoms with E-state index in [1.54, 1.807) is 12.3 Å². The standard InChI is InChI=1S/C16H14ClN5OS/c1-9-8-19-3-5-22(9)16-21-11-7-10(17)13(18-2)12(14(11)23-16)15-20-4-6-24-15/h4,6-7,9,19H,3,5,8H2,1H3/t9-/m0/s1. The molecule has 0 amide bonds. The van der Waals surface area contributed by atoms with E-state index in [1.165, 1.54) is 11.3 Å². The van der Waals surface area contributed by atoms with Crippen LogP contribution in [0.1, 0.15) is 6.92 Å². The van der Waals surface area contributed by atoms with E-state index in [2.05, 4.69) is 32.0 Å². The van der Waals surface area contributed by atoms with Crippen molar-refractivity contribution in [2.24, 2.45) is 0 Å². The fourth-order valence-electron chi connectivity index (χ4n) is 2.92. The molecular formula is C16H14ClN5OS. The molecule has 0 aliphatic carbocycles. The van der Waals surface area contributed by atoms with E-state index in [9.17, 15) is 0 Å². The van der Waals surface area contributed by atoms with Gasteiger partial charge in [0.15, 0.2) is 5.58 Å². The highest BCUT2D eigenvalue weighted by atomic mass is 35.5. The quantitative estimate of drug-likeness (QED) is 0.702. The molecule has 24 heavy (non-hydrogen) atoms. The maximum Gasteiger partial charge on any atom is 0.298 e. The second kappa shape index (κ2) is 6.06. The van der Waals surface area contributed by atoms with Gasteiger partial charge in [-0.05, 0) is 13.0 Å². The van der Waals surface area contributed by atoms with Crippen LogP contribution in [0, 0.1) is 6.57 Å². The second-order valence-electron chi connectivity index (χ2n) is 5.62. The summed E-state index contributed by atoms with van der Waals surface area (Å²) in [6.45, 7) is 12.2. The largest absolute Gasteiger partial charge is 0.424 e. The molecule has 0 unspecified atom stereocenters. The summed E-state index contributed by atoms with van der Waals surface area (Å²) >= 11 is 7.76. The van der Waals surface area contributed by atoms with Crippen molar-refractivity contribution in [2.75, 3.05) is 24.5 Å². The normalized spacial score (nSPS) is 18.0. The Morgan fingerprint density at radius 2 is 2.42 bits per heavy atom. The highest BCUT2D eigenvalue weighted by molar-refractivity contribution is 7.13. The van der Waals surface area contributed by atoms with Gasteiger partial charge in [0.25, 0.3) is 6.01 Å². The van der Waals surface area contributed by atoms with Crippen molar-refractivity contribution in [3.63, 3.8) is 0 Å². The molecule has 0 saturated carbocycles. The van der Waals surface area contributed by atoms with E-state index in [4.69, 9.17) is 22.6 Å². The number of aromatic nitrogens is 2. The summed E-state index contributed by atoms with van der Waals surface area (Å²) in [6.07, 6.45) is 1.70. The van der Waals surface area contributed by atoms with Crippen molar-refractivity contribution in [2.45, 2.75) is 13.0 Å². The minimum atomic E-state index is 0.283. The van der Waals surface area contributed by atoms with Gasteiger partial charge in [-0.3, -0.25) is 0 Å². The molecule has 1 aliphatic heterocycles. The number of nitrogens with zero attached hydrogens (tertiary/aromatic N) is 4. The zero-order valence-electron chi connectivity index (χ0n) is 12.9. The summed E-state index contributed by atoms with van der Waals surface area (Å²) in [7, 11) is 0. The molecule has 122 valence electrons. The van der Waals surface area contributed by atoms with E-state index < -0.39 is 0 Å². The van der Waals surface area contributed by atoms with E-state index in [0.717, 1.165) is 19.6 Å². The first-order valence-electron chi connectivity index (χ1n) is 7.56. The van der Waals surface area contributed by atoms with Gasteiger partial charge in [0.05, 0.1) is 17.2 Å². The van der Waals surface area contributed by atoms with Gasteiger partial charge in [-0.15, -0.1) is 11.3 Å². The molecule has 0 radical (unpaired) electrons. The average Bonchev–Trinajstić information content (AvgIpc) is 3.23. The topological polar surface area (TPSA) is 58.6 Å². The molecule has 0 bridgehead atoms. The van der Waals surface area contributed by atoms with Crippen molar-refractivity contribution in [1.82, 2.24) is 15.3 Å². The maximum atomic E-state index is 7.47. The molecule has 1 aromatic carbocycles. The Balaban J connectivity index is 1.93. The zero-order valence-corrected chi connectivity index (χ0v) is 14.5. The fraction of sp³-hybridized carbons (Fsp3) is 0.312. The third-order valence-corrected chi connectivity index (χ3v) is 5.18. The first-order valence-corrected chi connectivity index (χ1v) is 8.82. The molecule has 1 aliphatic rings. The predicted octanol–water partition coefficient (Wildman–Crippen LogP) is 3.95. The van der Waals surface area contributed by atoms with Crippen LogP contribution in [0.4, 0.5) is 11.7 Å². The summed E-state index contributed by atoms with van der Waals surface area (Å²) < 4.78 is 6.08. The number of thiazole rings is 1. The van der Waals surface area contributed by atoms with Crippen molar-refractivity contribution >= 4 is 45.7 Å². The highest BCUT2D eigenvalue weighted by Gasteiger charge is 2.26. The van der Waals surface area contributed by atoms with Crippen LogP contribution in [0.2, 0.25) is 5.02 Å². The fourth-order valence-corrected chi connectivity index (χ4v) is 3.83. The molecule has 6 nitrogen and oxygen atoms in total. The number of rotatable bonds is 2. The first kappa shape index (κ1) is 15.4. The third kappa shape index (κ3) is 2.44. The van der Waals surface area contributed by atoms with Gasteiger partial charge in [0.1, 0.15) is 10.5 Å². The predicted molar refractivity (Wildman–Crippen MR) is 96.1 cm³/mol. The molecule has 2 aromatic heterocycles. The van der Waals surface area contributed by atoms with Crippen molar-refractivity contribution in [3.05, 3.63) is 34.1 Å². The molecule has 1 atom stereocenters. The lowest BCUT2D eigenvalue weighted by molar-refractivity contribution is 0.456. The summed E-state index contributed by atoms with van der Waals surface area (Å²) in [4.78, 5) is 14.7. The first-order chi connectivity index (χ1) is 11.7. The van der Waals surface area contributed by atoms with Crippen molar-refractivity contribution in [1.29, 1.82) is 0 Å². The Kier molecular flexibility index (Phi) is 3.88. The Labute approximate surface area is 147 Å². The van der Waals surface area contributed by atoms with Gasteiger partial charge >= 0.3 is 0 Å². The highest BCUT2D eigenvalue weighted by Crippen LogP contribution is 2.44. The van der Waals surface area contributed by atoms with Crippen LogP contribution in [-0.4, -0.2) is 35.6 Å². The number of benzene rings is 1. The number of hydrogen-bond donors (Lipinski definition) is 1. The molecule has 0 spiro atoms. The Morgan fingerprint density at radius 3 is 3.12 bits per heavy atom. The van der Waals surface area contributed by atoms with Crippen molar-refractivity contribution in [3.8, 4) is 10.6 Å². The van der Waals surface area contributed by atoms with E-state index in [1.807, 2.05) is 5.38 Å². The van der Waals surface area contributed by atoms with Crippen LogP contribution >= 0.6 is 22.9 Å². The van der Waals surface area contributed by atoms with Crippen LogP contribution < -0.4 is 10.2 Å². The monoisotopic (exact) mass is 359 g/mol. The van der Waals surface area contributed by atoms with Crippen LogP contribution in [0.15, 0.2) is 22.1 Å². The van der Waals surface area contributed by atoms with E-state index in [0.29, 0.717) is 38.4 Å². The minimum Gasteiger partial charge on any atom is -0.424 e. The molecule has 8 heteroatoms. The summed E-state index contributed by atoms with van der Waals surface area (Å²) in [6, 6.07) is 2.54. The summed E-state index contributed by atoms with van der Waals surface area (Å²) in [5.41, 5.74) is 2.21. The Morgan fingerprint density at radius 1 is 1.54 bits per heavy atom. The van der Waals surface area contributed by atoms with Crippen LogP contribution in [0.25, 0.3) is 26.5 Å². The third-order valence-electron chi connectivity index (χ3n) is 4.10. The minimum absolute atomic E-state index is 0.283. The Hall–Kier alpha value is -2.14. The lowest BCUT2D eigenvalue weighted by Crippen LogP contribution is -2.50. The zero-order chi connectivity index (χ0) is 16.7. The lowest BCUT2D eigenvalue weighted by Gasteiger charge is -2.32. The molecule has 4 rings (SSSR count). The smallest absolute Gasteiger partial charge is 0.298 e. The number of halogens is 1. The number of nitrogens with one attached hydrogen (secondary N) is 1. The molecule has 1 saturated heterocycles. The molecular weight excluding hydrogens is 346 g/mol. The van der Waals surface area contributed by atoms with Gasteiger partial charge in [-0.25, -0.2) is 9.83 Å². The van der Waals surface area contributed by atoms with Crippen LogP contribution in [-0.2, 0) is 0 Å². The van der Waals surface area contributed by atoms with E-state index in [-0.39, 0.29) is 6.04 Å². The average molecular weight is 360 g/mol. The van der Waals surface area contributed by atoms with Crippen LogP contribution in [0.3, 0.4) is 0 Å². The molecule has 3 aromatic rings. The van der Waals surface area contributed by atoms with Gasteiger partial charge < -0.3 is 14.6 Å².